The van der Waals surface area contributed by atoms with Crippen molar-refractivity contribution in [2.75, 3.05) is 30.8 Å². The number of nitrogens with zero attached hydrogens (tertiary/aromatic N) is 2. The van der Waals surface area contributed by atoms with Gasteiger partial charge in [-0.3, -0.25) is 0 Å². The molecule has 0 amide bonds. The maximum atomic E-state index is 9.52. The molecule has 5 nitrogen and oxygen atoms in total. The molecule has 0 aliphatic carbocycles. The van der Waals surface area contributed by atoms with Crippen molar-refractivity contribution in [3.63, 3.8) is 0 Å². The van der Waals surface area contributed by atoms with Crippen molar-refractivity contribution in [2.45, 2.75) is 26.7 Å². The van der Waals surface area contributed by atoms with E-state index < -0.39 is 0 Å². The van der Waals surface area contributed by atoms with E-state index >= 15 is 0 Å². The fraction of sp³-hybridized carbons (Fsp3) is 0.667. The van der Waals surface area contributed by atoms with Crippen molar-refractivity contribution in [1.29, 1.82) is 0 Å². The van der Waals surface area contributed by atoms with Gasteiger partial charge in [-0.15, -0.1) is 0 Å². The smallest absolute Gasteiger partial charge is 0.157 e. The standard InChI is InChI=1S/C12H21ClN4O/c1-4-12(5-2,7-18)6-15-11-9(14-3)10(13)16-8-17-11/h8,14,18H,4-7H2,1-3H3,(H,15,16,17). The van der Waals surface area contributed by atoms with Gasteiger partial charge >= 0.3 is 0 Å². The second-order valence-electron chi connectivity index (χ2n) is 4.36. The molecular weight excluding hydrogens is 252 g/mol. The Morgan fingerprint density at radius 2 is 2.00 bits per heavy atom. The molecule has 6 heteroatoms. The second-order valence-corrected chi connectivity index (χ2v) is 4.71. The molecule has 0 aliphatic rings. The lowest BCUT2D eigenvalue weighted by Crippen LogP contribution is -2.32. The van der Waals surface area contributed by atoms with Gasteiger partial charge in [-0.2, -0.15) is 0 Å². The highest BCUT2D eigenvalue weighted by atomic mass is 35.5. The van der Waals surface area contributed by atoms with Gasteiger partial charge in [0.15, 0.2) is 11.0 Å². The molecule has 0 aliphatic heterocycles. The molecule has 0 bridgehead atoms. The van der Waals surface area contributed by atoms with Gasteiger partial charge in [0.1, 0.15) is 12.0 Å². The summed E-state index contributed by atoms with van der Waals surface area (Å²) in [4.78, 5) is 8.08. The van der Waals surface area contributed by atoms with Gasteiger partial charge in [0.25, 0.3) is 0 Å². The number of halogens is 1. The molecule has 1 rings (SSSR count). The first-order valence-corrected chi connectivity index (χ1v) is 6.53. The lowest BCUT2D eigenvalue weighted by Gasteiger charge is -2.30. The number of nitrogens with one attached hydrogen (secondary N) is 2. The molecule has 0 fully saturated rings. The normalized spacial score (nSPS) is 11.4. The van der Waals surface area contributed by atoms with Gasteiger partial charge < -0.3 is 15.7 Å². The van der Waals surface area contributed by atoms with Gasteiger partial charge in [0.2, 0.25) is 0 Å². The number of hydrogen-bond donors (Lipinski definition) is 3. The van der Waals surface area contributed by atoms with E-state index in [1.165, 1.54) is 6.33 Å². The summed E-state index contributed by atoms with van der Waals surface area (Å²) in [5, 5.41) is 16.1. The maximum absolute atomic E-state index is 9.52. The topological polar surface area (TPSA) is 70.1 Å². The van der Waals surface area contributed by atoms with Crippen LogP contribution < -0.4 is 10.6 Å². The maximum Gasteiger partial charge on any atom is 0.157 e. The molecule has 0 unspecified atom stereocenters. The Labute approximate surface area is 113 Å². The van der Waals surface area contributed by atoms with Gasteiger partial charge in [0.05, 0.1) is 6.61 Å². The number of aliphatic hydroxyl groups excluding tert-OH is 1. The third-order valence-electron chi connectivity index (χ3n) is 3.52. The first kappa shape index (κ1) is 15.0. The molecule has 0 aromatic carbocycles. The third-order valence-corrected chi connectivity index (χ3v) is 3.80. The SMILES string of the molecule is CCC(CC)(CO)CNc1ncnc(Cl)c1NC. The van der Waals surface area contributed by atoms with Crippen LogP contribution >= 0.6 is 11.6 Å². The Balaban J connectivity index is 2.82. The van der Waals surface area contributed by atoms with E-state index in [9.17, 15) is 5.11 Å². The van der Waals surface area contributed by atoms with Crippen LogP contribution in [0.2, 0.25) is 5.15 Å². The zero-order chi connectivity index (χ0) is 13.6. The van der Waals surface area contributed by atoms with Gasteiger partial charge in [-0.25, -0.2) is 9.97 Å². The summed E-state index contributed by atoms with van der Waals surface area (Å²) in [5.74, 6) is 0.664. The van der Waals surface area contributed by atoms with Crippen LogP contribution in [0.1, 0.15) is 26.7 Å². The van der Waals surface area contributed by atoms with Crippen molar-refractivity contribution >= 4 is 23.1 Å². The molecule has 102 valence electrons. The lowest BCUT2D eigenvalue weighted by molar-refractivity contribution is 0.127. The Morgan fingerprint density at radius 1 is 1.33 bits per heavy atom. The fourth-order valence-corrected chi connectivity index (χ4v) is 2.00. The van der Waals surface area contributed by atoms with Crippen LogP contribution in [-0.2, 0) is 0 Å². The Morgan fingerprint density at radius 3 is 2.50 bits per heavy atom. The van der Waals surface area contributed by atoms with Crippen molar-refractivity contribution in [3.05, 3.63) is 11.5 Å². The van der Waals surface area contributed by atoms with Crippen LogP contribution in [0.5, 0.6) is 0 Å². The average molecular weight is 273 g/mol. The molecule has 1 heterocycles. The first-order chi connectivity index (χ1) is 8.62. The van der Waals surface area contributed by atoms with E-state index in [-0.39, 0.29) is 12.0 Å². The quantitative estimate of drug-likeness (QED) is 0.665. The highest BCUT2D eigenvalue weighted by Gasteiger charge is 2.25. The largest absolute Gasteiger partial charge is 0.396 e. The highest BCUT2D eigenvalue weighted by molar-refractivity contribution is 6.32. The zero-order valence-electron chi connectivity index (χ0n) is 11.1. The minimum Gasteiger partial charge on any atom is -0.396 e. The summed E-state index contributed by atoms with van der Waals surface area (Å²) in [6.45, 7) is 4.96. The predicted molar refractivity (Wildman–Crippen MR) is 75.2 cm³/mol. The zero-order valence-corrected chi connectivity index (χ0v) is 11.9. The number of aromatic nitrogens is 2. The molecule has 1 aromatic heterocycles. The Kier molecular flexibility index (Phi) is 5.62. The van der Waals surface area contributed by atoms with E-state index in [2.05, 4.69) is 34.4 Å². The predicted octanol–water partition coefficient (Wildman–Crippen LogP) is 2.38. The summed E-state index contributed by atoms with van der Waals surface area (Å²) >= 11 is 5.98. The number of anilines is 2. The average Bonchev–Trinajstić information content (AvgIpc) is 2.41. The summed E-state index contributed by atoms with van der Waals surface area (Å²) in [6, 6.07) is 0. The second kappa shape index (κ2) is 6.75. The van der Waals surface area contributed by atoms with Crippen LogP contribution in [0.4, 0.5) is 11.5 Å². The molecular formula is C12H21ClN4O. The Hall–Kier alpha value is -1.07. The lowest BCUT2D eigenvalue weighted by atomic mass is 9.83. The molecule has 0 spiro atoms. The van der Waals surface area contributed by atoms with Crippen LogP contribution in [0.3, 0.4) is 0 Å². The van der Waals surface area contributed by atoms with Crippen LogP contribution in [0, 0.1) is 5.41 Å². The van der Waals surface area contributed by atoms with Gasteiger partial charge in [-0.1, -0.05) is 25.4 Å². The summed E-state index contributed by atoms with van der Waals surface area (Å²) in [6.07, 6.45) is 3.23. The molecule has 3 N–H and O–H groups in total. The van der Waals surface area contributed by atoms with E-state index in [1.54, 1.807) is 7.05 Å². The van der Waals surface area contributed by atoms with E-state index in [4.69, 9.17) is 11.6 Å². The molecule has 0 saturated heterocycles. The molecule has 1 aromatic rings. The first-order valence-electron chi connectivity index (χ1n) is 6.15. The van der Waals surface area contributed by atoms with Crippen molar-refractivity contribution in [3.8, 4) is 0 Å². The van der Waals surface area contributed by atoms with Crippen molar-refractivity contribution < 1.29 is 5.11 Å². The summed E-state index contributed by atoms with van der Waals surface area (Å²) < 4.78 is 0. The molecule has 0 atom stereocenters. The van der Waals surface area contributed by atoms with Gasteiger partial charge in [0, 0.05) is 19.0 Å². The van der Waals surface area contributed by atoms with E-state index in [0.717, 1.165) is 12.8 Å². The van der Waals surface area contributed by atoms with Gasteiger partial charge in [-0.05, 0) is 12.8 Å². The molecule has 0 saturated carbocycles. The minimum absolute atomic E-state index is 0.123. The van der Waals surface area contributed by atoms with Crippen molar-refractivity contribution in [2.24, 2.45) is 5.41 Å². The monoisotopic (exact) mass is 272 g/mol. The molecule has 0 radical (unpaired) electrons. The number of hydrogen-bond acceptors (Lipinski definition) is 5. The van der Waals surface area contributed by atoms with Crippen LogP contribution in [0.25, 0.3) is 0 Å². The highest BCUT2D eigenvalue weighted by Crippen LogP contribution is 2.29. The fourth-order valence-electron chi connectivity index (χ4n) is 1.77. The Bertz CT molecular complexity index is 374. The summed E-state index contributed by atoms with van der Waals surface area (Å²) in [7, 11) is 1.77. The van der Waals surface area contributed by atoms with E-state index in [1.807, 2.05) is 0 Å². The van der Waals surface area contributed by atoms with Crippen LogP contribution in [0.15, 0.2) is 6.33 Å². The number of rotatable bonds is 7. The summed E-state index contributed by atoms with van der Waals surface area (Å²) in [5.41, 5.74) is 0.556. The minimum atomic E-state index is -0.123. The van der Waals surface area contributed by atoms with Crippen molar-refractivity contribution in [1.82, 2.24) is 9.97 Å². The molecule has 18 heavy (non-hydrogen) atoms. The number of aliphatic hydroxyl groups is 1. The third kappa shape index (κ3) is 3.23. The van der Waals surface area contributed by atoms with E-state index in [0.29, 0.717) is 23.2 Å². The van der Waals surface area contributed by atoms with Crippen LogP contribution in [-0.4, -0.2) is 35.3 Å².